The molecule has 0 bridgehead atoms. The van der Waals surface area contributed by atoms with Crippen molar-refractivity contribution in [1.82, 2.24) is 4.90 Å². The summed E-state index contributed by atoms with van der Waals surface area (Å²) in [7, 11) is 0. The average Bonchev–Trinajstić information content (AvgIpc) is 2.96. The van der Waals surface area contributed by atoms with Crippen LogP contribution >= 0.6 is 0 Å². The van der Waals surface area contributed by atoms with E-state index in [9.17, 15) is 0 Å². The van der Waals surface area contributed by atoms with Gasteiger partial charge in [0.05, 0.1) is 0 Å². The van der Waals surface area contributed by atoms with Crippen LogP contribution in [0.3, 0.4) is 0 Å². The minimum absolute atomic E-state index is 0.865. The lowest BCUT2D eigenvalue weighted by atomic mass is 10.1. The molecular weight excluding hydrogens is 234 g/mol. The van der Waals surface area contributed by atoms with E-state index in [1.807, 2.05) is 6.07 Å². The summed E-state index contributed by atoms with van der Waals surface area (Å²) in [5.74, 6) is 0. The Morgan fingerprint density at radius 3 is 2.42 bits per heavy atom. The first-order chi connectivity index (χ1) is 9.25. The first kappa shape index (κ1) is 12.8. The number of piperazine rings is 1. The SMILES string of the molecule is Cc1c(N)cccc1N1CCN(C2CCCC2)CC1. The van der Waals surface area contributed by atoms with Crippen molar-refractivity contribution >= 4 is 11.4 Å². The predicted molar refractivity (Wildman–Crippen MR) is 81.6 cm³/mol. The lowest BCUT2D eigenvalue weighted by Crippen LogP contribution is -2.49. The Labute approximate surface area is 116 Å². The summed E-state index contributed by atoms with van der Waals surface area (Å²) in [6, 6.07) is 7.13. The topological polar surface area (TPSA) is 32.5 Å². The summed E-state index contributed by atoms with van der Waals surface area (Å²) in [4.78, 5) is 5.20. The van der Waals surface area contributed by atoms with Crippen molar-refractivity contribution in [1.29, 1.82) is 0 Å². The van der Waals surface area contributed by atoms with E-state index in [-0.39, 0.29) is 0 Å². The van der Waals surface area contributed by atoms with Crippen LogP contribution < -0.4 is 10.6 Å². The monoisotopic (exact) mass is 259 g/mol. The van der Waals surface area contributed by atoms with Crippen LogP contribution in [0, 0.1) is 6.92 Å². The van der Waals surface area contributed by atoms with Gasteiger partial charge < -0.3 is 10.6 Å². The summed E-state index contributed by atoms with van der Waals surface area (Å²) >= 11 is 0. The van der Waals surface area contributed by atoms with Crippen molar-refractivity contribution in [3.05, 3.63) is 23.8 Å². The van der Waals surface area contributed by atoms with E-state index in [0.717, 1.165) is 24.8 Å². The van der Waals surface area contributed by atoms with Crippen LogP contribution in [0.5, 0.6) is 0 Å². The summed E-state index contributed by atoms with van der Waals surface area (Å²) in [6.45, 7) is 6.83. The zero-order valence-electron chi connectivity index (χ0n) is 11.9. The molecule has 2 aliphatic rings. The van der Waals surface area contributed by atoms with Crippen molar-refractivity contribution in [2.45, 2.75) is 38.6 Å². The van der Waals surface area contributed by atoms with Crippen molar-refractivity contribution in [3.8, 4) is 0 Å². The van der Waals surface area contributed by atoms with Crippen LogP contribution in [-0.2, 0) is 0 Å². The van der Waals surface area contributed by atoms with Gasteiger partial charge >= 0.3 is 0 Å². The third-order valence-electron chi connectivity index (χ3n) is 4.84. The highest BCUT2D eigenvalue weighted by molar-refractivity contribution is 5.64. The molecule has 0 amide bonds. The Kier molecular flexibility index (Phi) is 3.65. The normalized spacial score (nSPS) is 22.1. The van der Waals surface area contributed by atoms with E-state index in [2.05, 4.69) is 28.9 Å². The van der Waals surface area contributed by atoms with Gasteiger partial charge in [-0.15, -0.1) is 0 Å². The zero-order chi connectivity index (χ0) is 13.2. The average molecular weight is 259 g/mol. The van der Waals surface area contributed by atoms with Gasteiger partial charge in [0.15, 0.2) is 0 Å². The second kappa shape index (κ2) is 5.41. The molecule has 1 aliphatic heterocycles. The van der Waals surface area contributed by atoms with Gasteiger partial charge in [0.25, 0.3) is 0 Å². The molecule has 3 heteroatoms. The van der Waals surface area contributed by atoms with Gasteiger partial charge in [-0.2, -0.15) is 0 Å². The lowest BCUT2D eigenvalue weighted by molar-refractivity contribution is 0.187. The van der Waals surface area contributed by atoms with Gasteiger partial charge in [0.1, 0.15) is 0 Å². The molecule has 1 aliphatic carbocycles. The molecule has 19 heavy (non-hydrogen) atoms. The predicted octanol–water partition coefficient (Wildman–Crippen LogP) is 2.64. The molecule has 1 heterocycles. The second-order valence-corrected chi connectivity index (χ2v) is 5.95. The molecule has 2 fully saturated rings. The Hall–Kier alpha value is -1.22. The van der Waals surface area contributed by atoms with Gasteiger partial charge in [-0.3, -0.25) is 4.90 Å². The van der Waals surface area contributed by atoms with Crippen LogP contribution in [0.25, 0.3) is 0 Å². The molecule has 0 aromatic heterocycles. The van der Waals surface area contributed by atoms with Crippen LogP contribution in [0.4, 0.5) is 11.4 Å². The Morgan fingerprint density at radius 2 is 1.74 bits per heavy atom. The number of nitrogens with zero attached hydrogens (tertiary/aromatic N) is 2. The van der Waals surface area contributed by atoms with Crippen LogP contribution in [-0.4, -0.2) is 37.1 Å². The molecule has 3 nitrogen and oxygen atoms in total. The minimum atomic E-state index is 0.865. The summed E-state index contributed by atoms with van der Waals surface area (Å²) in [5.41, 5.74) is 9.49. The Morgan fingerprint density at radius 1 is 1.05 bits per heavy atom. The van der Waals surface area contributed by atoms with Crippen LogP contribution in [0.1, 0.15) is 31.2 Å². The fraction of sp³-hybridized carbons (Fsp3) is 0.625. The number of hydrogen-bond donors (Lipinski definition) is 1. The molecule has 1 saturated heterocycles. The maximum Gasteiger partial charge on any atom is 0.0417 e. The number of nitrogen functional groups attached to an aromatic ring is 1. The third kappa shape index (κ3) is 2.57. The van der Waals surface area contributed by atoms with E-state index in [4.69, 9.17) is 5.73 Å². The van der Waals surface area contributed by atoms with E-state index in [1.165, 1.54) is 50.0 Å². The molecule has 0 atom stereocenters. The van der Waals surface area contributed by atoms with Crippen molar-refractivity contribution in [3.63, 3.8) is 0 Å². The Balaban J connectivity index is 1.64. The highest BCUT2D eigenvalue weighted by atomic mass is 15.3. The van der Waals surface area contributed by atoms with Crippen LogP contribution in [0.2, 0.25) is 0 Å². The fourth-order valence-corrected chi connectivity index (χ4v) is 3.58. The maximum absolute atomic E-state index is 6.02. The first-order valence-electron chi connectivity index (χ1n) is 7.60. The van der Waals surface area contributed by atoms with E-state index >= 15 is 0 Å². The summed E-state index contributed by atoms with van der Waals surface area (Å²) in [5, 5.41) is 0. The second-order valence-electron chi connectivity index (χ2n) is 5.95. The summed E-state index contributed by atoms with van der Waals surface area (Å²) < 4.78 is 0. The van der Waals surface area contributed by atoms with Gasteiger partial charge in [0.2, 0.25) is 0 Å². The van der Waals surface area contributed by atoms with Crippen molar-refractivity contribution < 1.29 is 0 Å². The van der Waals surface area contributed by atoms with Gasteiger partial charge in [-0.1, -0.05) is 18.9 Å². The highest BCUT2D eigenvalue weighted by Crippen LogP contribution is 2.28. The molecule has 0 spiro atoms. The standard InChI is InChI=1S/C16H25N3/c1-13-15(17)7-4-8-16(13)19-11-9-18(10-12-19)14-5-2-3-6-14/h4,7-8,14H,2-3,5-6,9-12,17H2,1H3. The maximum atomic E-state index is 6.02. The zero-order valence-corrected chi connectivity index (χ0v) is 11.9. The number of rotatable bonds is 2. The van der Waals surface area contributed by atoms with Gasteiger partial charge in [0, 0.05) is 43.6 Å². The quantitative estimate of drug-likeness (QED) is 0.829. The third-order valence-corrected chi connectivity index (χ3v) is 4.84. The van der Waals surface area contributed by atoms with Crippen molar-refractivity contribution in [2.24, 2.45) is 0 Å². The van der Waals surface area contributed by atoms with E-state index in [1.54, 1.807) is 0 Å². The largest absolute Gasteiger partial charge is 0.398 e. The van der Waals surface area contributed by atoms with E-state index in [0.29, 0.717) is 0 Å². The number of benzene rings is 1. The molecule has 1 saturated carbocycles. The van der Waals surface area contributed by atoms with E-state index < -0.39 is 0 Å². The number of anilines is 2. The smallest absolute Gasteiger partial charge is 0.0417 e. The molecular formula is C16H25N3. The molecule has 2 N–H and O–H groups in total. The van der Waals surface area contributed by atoms with Crippen molar-refractivity contribution in [2.75, 3.05) is 36.8 Å². The number of hydrogen-bond acceptors (Lipinski definition) is 3. The Bertz CT molecular complexity index is 430. The molecule has 3 rings (SSSR count). The molecule has 1 aromatic rings. The van der Waals surface area contributed by atoms with Gasteiger partial charge in [-0.05, 0) is 37.5 Å². The molecule has 1 aromatic carbocycles. The lowest BCUT2D eigenvalue weighted by Gasteiger charge is -2.39. The molecule has 104 valence electrons. The highest BCUT2D eigenvalue weighted by Gasteiger charge is 2.26. The minimum Gasteiger partial charge on any atom is -0.398 e. The fourth-order valence-electron chi connectivity index (χ4n) is 3.58. The van der Waals surface area contributed by atoms with Gasteiger partial charge in [-0.25, -0.2) is 0 Å². The van der Waals surface area contributed by atoms with Crippen LogP contribution in [0.15, 0.2) is 18.2 Å². The molecule has 0 unspecified atom stereocenters. The summed E-state index contributed by atoms with van der Waals surface area (Å²) in [6.07, 6.45) is 5.69. The number of nitrogens with two attached hydrogens (primary N) is 1. The molecule has 0 radical (unpaired) electrons. The first-order valence-corrected chi connectivity index (χ1v) is 7.60.